The Bertz CT molecular complexity index is 814. The molecule has 0 bridgehead atoms. The first-order chi connectivity index (χ1) is 13.0. The predicted octanol–water partition coefficient (Wildman–Crippen LogP) is 6.40. The largest absolute Gasteiger partial charge is 0.303 e. The molecule has 1 nitrogen and oxygen atoms in total. The van der Waals surface area contributed by atoms with Crippen LogP contribution in [-0.2, 0) is 11.2 Å². The standard InChI is InChI=1S/C24H28F2O/c1-4-7-18-13-17-8-5-6-9-19(17)23(18)20-10-11-21(25)24(26)22(20)16(3)12-15(2)14-27/h5-6,8-11,14-16,18,23H,4,7,12-13H2,1-3H3. The van der Waals surface area contributed by atoms with Crippen LogP contribution in [0.3, 0.4) is 0 Å². The van der Waals surface area contributed by atoms with E-state index in [1.165, 1.54) is 17.2 Å². The van der Waals surface area contributed by atoms with Crippen LogP contribution in [0.4, 0.5) is 8.78 Å². The van der Waals surface area contributed by atoms with Crippen LogP contribution in [0.5, 0.6) is 0 Å². The molecule has 3 rings (SSSR count). The SMILES string of the molecule is CCCC1Cc2ccccc2C1c1ccc(F)c(F)c1C(C)CC(C)C=O. The van der Waals surface area contributed by atoms with E-state index < -0.39 is 11.6 Å². The summed E-state index contributed by atoms with van der Waals surface area (Å²) >= 11 is 0. The molecule has 144 valence electrons. The van der Waals surface area contributed by atoms with Gasteiger partial charge in [0.1, 0.15) is 6.29 Å². The number of halogens is 2. The highest BCUT2D eigenvalue weighted by molar-refractivity contribution is 5.53. The molecule has 1 aliphatic carbocycles. The second kappa shape index (κ2) is 8.33. The molecule has 4 atom stereocenters. The second-order valence-electron chi connectivity index (χ2n) is 8.04. The number of carbonyl (C=O) groups is 1. The van der Waals surface area contributed by atoms with E-state index in [9.17, 15) is 13.6 Å². The van der Waals surface area contributed by atoms with Crippen molar-refractivity contribution < 1.29 is 13.6 Å². The summed E-state index contributed by atoms with van der Waals surface area (Å²) in [6.45, 7) is 5.89. The van der Waals surface area contributed by atoms with Gasteiger partial charge >= 0.3 is 0 Å². The van der Waals surface area contributed by atoms with Gasteiger partial charge < -0.3 is 4.79 Å². The summed E-state index contributed by atoms with van der Waals surface area (Å²) in [5.74, 6) is -1.48. The molecule has 0 saturated heterocycles. The zero-order valence-electron chi connectivity index (χ0n) is 16.3. The predicted molar refractivity (Wildman–Crippen MR) is 105 cm³/mol. The molecule has 0 aromatic heterocycles. The number of aldehydes is 1. The average molecular weight is 370 g/mol. The van der Waals surface area contributed by atoms with Gasteiger partial charge in [0.2, 0.25) is 0 Å². The lowest BCUT2D eigenvalue weighted by atomic mass is 9.77. The van der Waals surface area contributed by atoms with Crippen LogP contribution >= 0.6 is 0 Å². The molecule has 0 heterocycles. The number of hydrogen-bond acceptors (Lipinski definition) is 1. The monoisotopic (exact) mass is 370 g/mol. The molecular formula is C24H28F2O. The average Bonchev–Trinajstić information content (AvgIpc) is 3.01. The lowest BCUT2D eigenvalue weighted by molar-refractivity contribution is -0.110. The Morgan fingerprint density at radius 3 is 2.56 bits per heavy atom. The molecule has 0 aliphatic heterocycles. The van der Waals surface area contributed by atoms with Crippen molar-refractivity contribution in [3.05, 3.63) is 70.3 Å². The van der Waals surface area contributed by atoms with Gasteiger partial charge in [-0.1, -0.05) is 57.5 Å². The molecule has 0 amide bonds. The maximum atomic E-state index is 14.9. The molecule has 4 unspecified atom stereocenters. The summed E-state index contributed by atoms with van der Waals surface area (Å²) in [5.41, 5.74) is 3.89. The van der Waals surface area contributed by atoms with Crippen LogP contribution in [0.2, 0.25) is 0 Å². The van der Waals surface area contributed by atoms with E-state index >= 15 is 0 Å². The van der Waals surface area contributed by atoms with E-state index in [1.807, 2.05) is 26.0 Å². The van der Waals surface area contributed by atoms with Gasteiger partial charge in [0.25, 0.3) is 0 Å². The molecule has 27 heavy (non-hydrogen) atoms. The number of benzene rings is 2. The number of rotatable bonds is 7. The third-order valence-electron chi connectivity index (χ3n) is 5.96. The molecule has 2 aromatic carbocycles. The van der Waals surface area contributed by atoms with Crippen molar-refractivity contribution in [2.45, 2.75) is 58.3 Å². The fraction of sp³-hybridized carbons (Fsp3) is 0.458. The minimum absolute atomic E-state index is 0.0836. The van der Waals surface area contributed by atoms with Crippen molar-refractivity contribution in [1.82, 2.24) is 0 Å². The molecule has 3 heteroatoms. The summed E-state index contributed by atoms with van der Waals surface area (Å²) in [7, 11) is 0. The van der Waals surface area contributed by atoms with Gasteiger partial charge in [-0.3, -0.25) is 0 Å². The molecular weight excluding hydrogens is 342 g/mol. The fourth-order valence-corrected chi connectivity index (χ4v) is 4.82. The molecule has 2 aromatic rings. The summed E-state index contributed by atoms with van der Waals surface area (Å²) in [6, 6.07) is 11.4. The van der Waals surface area contributed by atoms with Crippen LogP contribution in [-0.4, -0.2) is 6.29 Å². The van der Waals surface area contributed by atoms with E-state index in [0.717, 1.165) is 31.1 Å². The summed E-state index contributed by atoms with van der Waals surface area (Å²) in [4.78, 5) is 11.1. The highest BCUT2D eigenvalue weighted by atomic mass is 19.2. The van der Waals surface area contributed by atoms with E-state index in [0.29, 0.717) is 17.9 Å². The van der Waals surface area contributed by atoms with Crippen molar-refractivity contribution >= 4 is 6.29 Å². The first kappa shape index (κ1) is 19.7. The lowest BCUT2D eigenvalue weighted by Crippen LogP contribution is -2.16. The number of hydrogen-bond donors (Lipinski definition) is 0. The Kier molecular flexibility index (Phi) is 6.08. The second-order valence-corrected chi connectivity index (χ2v) is 8.04. The Morgan fingerprint density at radius 1 is 1.11 bits per heavy atom. The van der Waals surface area contributed by atoms with Gasteiger partial charge in [-0.05, 0) is 59.4 Å². The van der Waals surface area contributed by atoms with Gasteiger partial charge in [0.05, 0.1) is 0 Å². The maximum Gasteiger partial charge on any atom is 0.162 e. The van der Waals surface area contributed by atoms with Gasteiger partial charge in [-0.25, -0.2) is 8.78 Å². The first-order valence-corrected chi connectivity index (χ1v) is 9.98. The van der Waals surface area contributed by atoms with Crippen molar-refractivity contribution in [3.63, 3.8) is 0 Å². The number of carbonyl (C=O) groups excluding carboxylic acids is 1. The van der Waals surface area contributed by atoms with Gasteiger partial charge in [0, 0.05) is 11.8 Å². The number of fused-ring (bicyclic) bond motifs is 1. The zero-order chi connectivity index (χ0) is 19.6. The molecule has 0 fully saturated rings. The third-order valence-corrected chi connectivity index (χ3v) is 5.96. The topological polar surface area (TPSA) is 17.1 Å². The molecule has 0 saturated carbocycles. The molecule has 0 N–H and O–H groups in total. The minimum atomic E-state index is -0.808. The van der Waals surface area contributed by atoms with Crippen molar-refractivity contribution in [3.8, 4) is 0 Å². The normalized spacial score (nSPS) is 20.9. The Labute approximate surface area is 160 Å². The minimum Gasteiger partial charge on any atom is -0.303 e. The molecule has 0 spiro atoms. The van der Waals surface area contributed by atoms with Crippen LogP contribution in [0.15, 0.2) is 36.4 Å². The Balaban J connectivity index is 2.12. The zero-order valence-corrected chi connectivity index (χ0v) is 16.3. The maximum absolute atomic E-state index is 14.9. The van der Waals surface area contributed by atoms with Gasteiger partial charge in [0.15, 0.2) is 11.6 Å². The van der Waals surface area contributed by atoms with Crippen LogP contribution in [0.25, 0.3) is 0 Å². The van der Waals surface area contributed by atoms with E-state index in [2.05, 4.69) is 19.1 Å². The summed E-state index contributed by atoms with van der Waals surface area (Å²) in [5, 5.41) is 0. The quantitative estimate of drug-likeness (QED) is 0.516. The summed E-state index contributed by atoms with van der Waals surface area (Å²) < 4.78 is 29.1. The Morgan fingerprint density at radius 2 is 1.85 bits per heavy atom. The fourth-order valence-electron chi connectivity index (χ4n) is 4.82. The summed E-state index contributed by atoms with van der Waals surface area (Å²) in [6.07, 6.45) is 4.50. The van der Waals surface area contributed by atoms with Crippen LogP contribution in [0.1, 0.15) is 74.1 Å². The van der Waals surface area contributed by atoms with Crippen molar-refractivity contribution in [2.24, 2.45) is 11.8 Å². The van der Waals surface area contributed by atoms with Gasteiger partial charge in [-0.15, -0.1) is 0 Å². The molecule has 1 aliphatic rings. The van der Waals surface area contributed by atoms with E-state index in [1.54, 1.807) is 6.07 Å². The Hall–Kier alpha value is -2.03. The highest BCUT2D eigenvalue weighted by Gasteiger charge is 2.36. The van der Waals surface area contributed by atoms with Crippen LogP contribution in [0, 0.1) is 23.5 Å². The van der Waals surface area contributed by atoms with E-state index in [4.69, 9.17) is 0 Å². The van der Waals surface area contributed by atoms with Gasteiger partial charge in [-0.2, -0.15) is 0 Å². The van der Waals surface area contributed by atoms with Crippen molar-refractivity contribution in [1.29, 1.82) is 0 Å². The van der Waals surface area contributed by atoms with Crippen molar-refractivity contribution in [2.75, 3.05) is 0 Å². The lowest BCUT2D eigenvalue weighted by Gasteiger charge is -2.27. The third kappa shape index (κ3) is 3.83. The highest BCUT2D eigenvalue weighted by Crippen LogP contribution is 2.47. The van der Waals surface area contributed by atoms with E-state index in [-0.39, 0.29) is 17.8 Å². The first-order valence-electron chi connectivity index (χ1n) is 9.98. The smallest absolute Gasteiger partial charge is 0.162 e. The van der Waals surface area contributed by atoms with Crippen LogP contribution < -0.4 is 0 Å². The molecule has 0 radical (unpaired) electrons.